The molecule has 3 atom stereocenters. The predicted octanol–water partition coefficient (Wildman–Crippen LogP) is 2.85. The summed E-state index contributed by atoms with van der Waals surface area (Å²) in [6, 6.07) is 5.20. The van der Waals surface area contributed by atoms with Crippen LogP contribution in [-0.2, 0) is 5.60 Å². The summed E-state index contributed by atoms with van der Waals surface area (Å²) >= 11 is 12.1. The topological polar surface area (TPSA) is 82.1 Å². The average molecular weight is 389 g/mol. The van der Waals surface area contributed by atoms with Crippen molar-refractivity contribution in [2.75, 3.05) is 13.1 Å². The number of amides is 1. The van der Waals surface area contributed by atoms with Crippen LogP contribution in [0.4, 0.5) is 0 Å². The molecule has 2 aromatic heterocycles. The molecule has 1 amide bonds. The van der Waals surface area contributed by atoms with Crippen molar-refractivity contribution in [1.82, 2.24) is 20.1 Å². The Morgan fingerprint density at radius 3 is 2.65 bits per heavy atom. The van der Waals surface area contributed by atoms with E-state index in [-0.39, 0.29) is 17.7 Å². The smallest absolute Gasteiger partial charge is 0.255 e. The number of carbonyl (C=O) groups excluding carboxylic acids is 1. The molecule has 6 nitrogen and oxygen atoms in total. The summed E-state index contributed by atoms with van der Waals surface area (Å²) in [6.07, 6.45) is 4.71. The molecule has 0 unspecified atom stereocenters. The van der Waals surface area contributed by atoms with E-state index in [0.29, 0.717) is 28.7 Å². The summed E-state index contributed by atoms with van der Waals surface area (Å²) in [6.45, 7) is 0.969. The highest BCUT2D eigenvalue weighted by Gasteiger charge is 2.69. The average Bonchev–Trinajstić information content (AvgIpc) is 3.06. The summed E-state index contributed by atoms with van der Waals surface area (Å²) in [4.78, 5) is 18.4. The number of hydrogen-bond acceptors (Lipinski definition) is 4. The molecule has 1 aromatic carbocycles. The largest absolute Gasteiger partial charge is 0.384 e. The second-order valence-electron chi connectivity index (χ2n) is 6.92. The van der Waals surface area contributed by atoms with Crippen LogP contribution in [0.1, 0.15) is 15.9 Å². The molecule has 1 saturated heterocycles. The van der Waals surface area contributed by atoms with Crippen LogP contribution in [-0.4, -0.2) is 44.2 Å². The summed E-state index contributed by atoms with van der Waals surface area (Å²) in [5, 5.41) is 20.0. The summed E-state index contributed by atoms with van der Waals surface area (Å²) in [5.74, 6) is -0.153. The third-order valence-electron chi connectivity index (χ3n) is 5.54. The van der Waals surface area contributed by atoms with Crippen molar-refractivity contribution in [3.8, 4) is 0 Å². The number of likely N-dealkylation sites (tertiary alicyclic amines) is 1. The van der Waals surface area contributed by atoms with Crippen LogP contribution in [0.2, 0.25) is 10.0 Å². The number of rotatable bonds is 2. The number of benzene rings is 1. The number of H-pyrrole nitrogens is 1. The molecule has 1 aliphatic heterocycles. The summed E-state index contributed by atoms with van der Waals surface area (Å²) in [7, 11) is 0. The van der Waals surface area contributed by atoms with Crippen molar-refractivity contribution >= 4 is 40.0 Å². The van der Waals surface area contributed by atoms with E-state index in [1.165, 1.54) is 12.4 Å². The minimum Gasteiger partial charge on any atom is -0.384 e. The van der Waals surface area contributed by atoms with Crippen molar-refractivity contribution in [1.29, 1.82) is 0 Å². The zero-order chi connectivity index (χ0) is 18.1. The molecule has 26 heavy (non-hydrogen) atoms. The van der Waals surface area contributed by atoms with E-state index in [9.17, 15) is 9.90 Å². The zero-order valence-electron chi connectivity index (χ0n) is 13.5. The Morgan fingerprint density at radius 2 is 1.92 bits per heavy atom. The van der Waals surface area contributed by atoms with Crippen molar-refractivity contribution in [2.24, 2.45) is 11.8 Å². The number of carbonyl (C=O) groups is 1. The summed E-state index contributed by atoms with van der Waals surface area (Å²) in [5.41, 5.74) is 1.06. The maximum atomic E-state index is 12.6. The Balaban J connectivity index is 1.42. The van der Waals surface area contributed by atoms with Gasteiger partial charge >= 0.3 is 0 Å². The molecule has 1 saturated carbocycles. The lowest BCUT2D eigenvalue weighted by molar-refractivity contribution is 0.0610. The molecule has 3 heterocycles. The first-order chi connectivity index (χ1) is 12.5. The molecule has 8 heteroatoms. The number of aliphatic hydroxyl groups is 1. The quantitative estimate of drug-likeness (QED) is 0.706. The van der Waals surface area contributed by atoms with Crippen molar-refractivity contribution < 1.29 is 9.90 Å². The highest BCUT2D eigenvalue weighted by atomic mass is 35.5. The van der Waals surface area contributed by atoms with E-state index in [0.717, 1.165) is 16.5 Å². The second-order valence-corrected chi connectivity index (χ2v) is 7.80. The zero-order valence-corrected chi connectivity index (χ0v) is 15.0. The Hall–Kier alpha value is -2.15. The van der Waals surface area contributed by atoms with Gasteiger partial charge in [0.1, 0.15) is 5.60 Å². The molecule has 0 spiro atoms. The van der Waals surface area contributed by atoms with Gasteiger partial charge in [-0.1, -0.05) is 23.2 Å². The Labute approximate surface area is 158 Å². The van der Waals surface area contributed by atoms with Crippen LogP contribution in [0, 0.1) is 11.8 Å². The van der Waals surface area contributed by atoms with Gasteiger partial charge in [-0.3, -0.25) is 14.9 Å². The van der Waals surface area contributed by atoms with Crippen LogP contribution in [0.25, 0.3) is 10.9 Å². The van der Waals surface area contributed by atoms with Crippen LogP contribution < -0.4 is 0 Å². The van der Waals surface area contributed by atoms with Gasteiger partial charge in [0, 0.05) is 47.7 Å². The van der Waals surface area contributed by atoms with Gasteiger partial charge in [0.15, 0.2) is 0 Å². The molecule has 5 rings (SSSR count). The number of aromatic nitrogens is 3. The normalized spacial score (nSPS) is 27.0. The van der Waals surface area contributed by atoms with Gasteiger partial charge in [-0.25, -0.2) is 0 Å². The molecule has 2 aliphatic rings. The number of nitrogens with zero attached hydrogens (tertiary/aromatic N) is 3. The van der Waals surface area contributed by atoms with Gasteiger partial charge < -0.3 is 10.0 Å². The highest BCUT2D eigenvalue weighted by Crippen LogP contribution is 2.63. The van der Waals surface area contributed by atoms with E-state index < -0.39 is 5.60 Å². The predicted molar refractivity (Wildman–Crippen MR) is 97.1 cm³/mol. The van der Waals surface area contributed by atoms with E-state index in [1.54, 1.807) is 29.3 Å². The van der Waals surface area contributed by atoms with Crippen LogP contribution in [0.5, 0.6) is 0 Å². The van der Waals surface area contributed by atoms with Gasteiger partial charge in [-0.2, -0.15) is 5.10 Å². The van der Waals surface area contributed by atoms with Crippen molar-refractivity contribution in [3.05, 3.63) is 58.0 Å². The monoisotopic (exact) mass is 388 g/mol. The number of hydrogen-bond donors (Lipinski definition) is 2. The van der Waals surface area contributed by atoms with Crippen molar-refractivity contribution in [2.45, 2.75) is 5.60 Å². The van der Waals surface area contributed by atoms with Gasteiger partial charge in [-0.05, 0) is 23.8 Å². The number of aromatic amines is 1. The fraction of sp³-hybridized carbons (Fsp3) is 0.278. The van der Waals surface area contributed by atoms with E-state index in [4.69, 9.17) is 23.2 Å². The lowest BCUT2D eigenvalue weighted by Gasteiger charge is -2.24. The molecule has 132 valence electrons. The minimum absolute atomic E-state index is 0.0184. The number of nitrogens with one attached hydrogen (secondary N) is 1. The molecule has 2 fully saturated rings. The van der Waals surface area contributed by atoms with Crippen LogP contribution in [0.3, 0.4) is 0 Å². The van der Waals surface area contributed by atoms with Gasteiger partial charge in [0.25, 0.3) is 5.91 Å². The Morgan fingerprint density at radius 1 is 1.15 bits per heavy atom. The van der Waals surface area contributed by atoms with Crippen LogP contribution in [0.15, 0.2) is 36.8 Å². The minimum atomic E-state index is -0.976. The molecule has 2 N–H and O–H groups in total. The number of pyridine rings is 1. The maximum absolute atomic E-state index is 12.6. The van der Waals surface area contributed by atoms with Gasteiger partial charge in [0.2, 0.25) is 0 Å². The third-order valence-corrected chi connectivity index (χ3v) is 5.96. The lowest BCUT2D eigenvalue weighted by Crippen LogP contribution is -2.35. The summed E-state index contributed by atoms with van der Waals surface area (Å²) < 4.78 is 0. The molecule has 0 bridgehead atoms. The van der Waals surface area contributed by atoms with E-state index in [1.807, 2.05) is 0 Å². The fourth-order valence-electron chi connectivity index (χ4n) is 4.23. The molecule has 3 aromatic rings. The first-order valence-corrected chi connectivity index (χ1v) is 8.99. The van der Waals surface area contributed by atoms with E-state index in [2.05, 4.69) is 15.2 Å². The fourth-order valence-corrected chi connectivity index (χ4v) is 4.62. The Bertz CT molecular complexity index is 1040. The first-order valence-electron chi connectivity index (χ1n) is 8.24. The van der Waals surface area contributed by atoms with Gasteiger partial charge in [-0.15, -0.1) is 0 Å². The number of piperidine rings is 1. The molecular formula is C18H14Cl2N4O2. The van der Waals surface area contributed by atoms with Crippen molar-refractivity contribution in [3.63, 3.8) is 0 Å². The Kier molecular flexibility index (Phi) is 3.35. The first kappa shape index (κ1) is 16.1. The second kappa shape index (κ2) is 5.42. The third kappa shape index (κ3) is 2.19. The lowest BCUT2D eigenvalue weighted by atomic mass is 9.99. The molecular weight excluding hydrogens is 375 g/mol. The van der Waals surface area contributed by atoms with E-state index >= 15 is 0 Å². The standard InChI is InChI=1S/C18H14Cl2N4O2/c19-10-2-13(12-6-22-23-16(12)3-10)18(26)14-7-24(8-15(14)18)17(25)9-1-11(20)5-21-4-9/h1-6,14-15,26H,7-8H2,(H,22,23)/t14-,15+,18+. The number of halogens is 2. The van der Waals surface area contributed by atoms with Gasteiger partial charge in [0.05, 0.1) is 22.3 Å². The molecule has 1 aliphatic carbocycles. The SMILES string of the molecule is O=C(c1cncc(Cl)c1)N1C[C@@H]2[C@H](C1)[C@]2(O)c1cc(Cl)cc2[nH]ncc12. The maximum Gasteiger partial charge on any atom is 0.255 e. The number of fused-ring (bicyclic) bond motifs is 2. The highest BCUT2D eigenvalue weighted by molar-refractivity contribution is 6.31. The molecule has 0 radical (unpaired) electrons. The van der Waals surface area contributed by atoms with Crippen LogP contribution >= 0.6 is 23.2 Å².